The Bertz CT molecular complexity index is 1170. The van der Waals surface area contributed by atoms with Crippen LogP contribution < -0.4 is 0 Å². The molecule has 0 fully saturated rings. The van der Waals surface area contributed by atoms with Gasteiger partial charge in [0.2, 0.25) is 0 Å². The number of rotatable bonds is 3. The normalized spacial score (nSPS) is 9.45. The Balaban J connectivity index is 0.000000225. The van der Waals surface area contributed by atoms with Crippen LogP contribution >= 0.6 is 0 Å². The van der Waals surface area contributed by atoms with Crippen molar-refractivity contribution in [2.24, 2.45) is 0 Å². The molecule has 1 radical (unpaired) electrons. The summed E-state index contributed by atoms with van der Waals surface area (Å²) >= 11 is 0. The van der Waals surface area contributed by atoms with Crippen molar-refractivity contribution in [3.05, 3.63) is 115 Å². The molecule has 0 saturated heterocycles. The van der Waals surface area contributed by atoms with E-state index in [9.17, 15) is 0 Å². The minimum atomic E-state index is 0. The Kier molecular flexibility index (Phi) is 9.84. The predicted octanol–water partition coefficient (Wildman–Crippen LogP) is 4.71. The second-order valence-electron chi connectivity index (χ2n) is 6.65. The van der Waals surface area contributed by atoms with Gasteiger partial charge in [0.25, 0.3) is 0 Å². The van der Waals surface area contributed by atoms with Crippen molar-refractivity contribution in [2.75, 3.05) is 0 Å². The summed E-state index contributed by atoms with van der Waals surface area (Å²) in [5.74, 6) is 1.57. The van der Waals surface area contributed by atoms with Gasteiger partial charge in [-0.2, -0.15) is 10.2 Å². The van der Waals surface area contributed by atoms with Crippen molar-refractivity contribution in [1.82, 2.24) is 29.5 Å². The van der Waals surface area contributed by atoms with E-state index in [2.05, 4.69) is 26.2 Å². The van der Waals surface area contributed by atoms with Crippen LogP contribution in [0.25, 0.3) is 22.9 Å². The minimum absolute atomic E-state index is 0. The van der Waals surface area contributed by atoms with Gasteiger partial charge in [-0.15, -0.1) is 35.9 Å². The van der Waals surface area contributed by atoms with E-state index in [1.807, 2.05) is 99.0 Å². The topological polar surface area (TPSA) is 85.2 Å². The van der Waals surface area contributed by atoms with E-state index in [0.29, 0.717) is 0 Å². The standard InChI is InChI=1S/C13H13N5.C11H8N.CN.Ir/c1-10-6-8-17(15-10)12-4-3-5-13(14-12)18-9-7-11(2)16-18;1-2-6-10(7-3-1)11-8-4-5-9-12-11;1-2;/h3-9H,1-2H3;1-6,8-9H;;/q;2*-1;. The van der Waals surface area contributed by atoms with Crippen molar-refractivity contribution in [3.63, 3.8) is 0 Å². The van der Waals surface area contributed by atoms with Gasteiger partial charge in [-0.25, -0.2) is 14.3 Å². The Morgan fingerprint density at radius 1 is 0.758 bits per heavy atom. The first kappa shape index (κ1) is 25.3. The molecule has 167 valence electrons. The van der Waals surface area contributed by atoms with Crippen LogP contribution in [0.15, 0.2) is 91.4 Å². The average molecular weight is 612 g/mol. The summed E-state index contributed by atoms with van der Waals surface area (Å²) in [4.78, 5) is 8.76. The third-order valence-corrected chi connectivity index (χ3v) is 4.28. The molecule has 0 saturated carbocycles. The van der Waals surface area contributed by atoms with Crippen molar-refractivity contribution in [3.8, 4) is 22.9 Å². The quantitative estimate of drug-likeness (QED) is 0.276. The van der Waals surface area contributed by atoms with Gasteiger partial charge in [0.1, 0.15) is 0 Å². The van der Waals surface area contributed by atoms with Gasteiger partial charge in [0.15, 0.2) is 11.6 Å². The van der Waals surface area contributed by atoms with Crippen LogP contribution in [0.1, 0.15) is 11.4 Å². The summed E-state index contributed by atoms with van der Waals surface area (Å²) in [5, 5.41) is 14.9. The maximum atomic E-state index is 6.25. The van der Waals surface area contributed by atoms with Gasteiger partial charge in [-0.3, -0.25) is 0 Å². The molecule has 5 aromatic rings. The first-order valence-electron chi connectivity index (χ1n) is 9.82. The minimum Gasteiger partial charge on any atom is -0.512 e. The molecule has 1 aromatic carbocycles. The molecule has 4 heterocycles. The van der Waals surface area contributed by atoms with Gasteiger partial charge in [-0.1, -0.05) is 18.2 Å². The van der Waals surface area contributed by atoms with E-state index in [4.69, 9.17) is 11.8 Å². The fraction of sp³-hybridized carbons (Fsp3) is 0.0800. The second-order valence-corrected chi connectivity index (χ2v) is 6.65. The molecule has 0 amide bonds. The molecule has 0 unspecified atom stereocenters. The van der Waals surface area contributed by atoms with Crippen LogP contribution in [0.2, 0.25) is 0 Å². The zero-order valence-electron chi connectivity index (χ0n) is 18.1. The molecule has 0 spiro atoms. The monoisotopic (exact) mass is 612 g/mol. The van der Waals surface area contributed by atoms with E-state index in [-0.39, 0.29) is 20.1 Å². The van der Waals surface area contributed by atoms with Crippen LogP contribution in [0.5, 0.6) is 0 Å². The summed E-state index contributed by atoms with van der Waals surface area (Å²) in [7, 11) is 0. The van der Waals surface area contributed by atoms with Gasteiger partial charge in [-0.05, 0) is 49.9 Å². The Labute approximate surface area is 206 Å². The van der Waals surface area contributed by atoms with Crippen LogP contribution in [-0.4, -0.2) is 29.5 Å². The first-order valence-corrected chi connectivity index (χ1v) is 9.82. The number of aryl methyl sites for hydroxylation is 2. The smallest absolute Gasteiger partial charge is 0.155 e. The van der Waals surface area contributed by atoms with E-state index in [0.717, 1.165) is 34.3 Å². The summed E-state index contributed by atoms with van der Waals surface area (Å²) in [6.45, 7) is 8.66. The first-order chi connectivity index (χ1) is 15.7. The average Bonchev–Trinajstić information content (AvgIpc) is 3.50. The second kappa shape index (κ2) is 12.8. The van der Waals surface area contributed by atoms with Gasteiger partial charge in [0, 0.05) is 38.7 Å². The van der Waals surface area contributed by atoms with Crippen LogP contribution in [-0.2, 0) is 20.1 Å². The maximum Gasteiger partial charge on any atom is 0.155 e. The summed E-state index contributed by atoms with van der Waals surface area (Å²) in [6.07, 6.45) is 5.59. The van der Waals surface area contributed by atoms with Crippen molar-refractivity contribution < 1.29 is 20.1 Å². The van der Waals surface area contributed by atoms with Crippen LogP contribution in [0.3, 0.4) is 0 Å². The van der Waals surface area contributed by atoms with Gasteiger partial charge >= 0.3 is 0 Å². The third kappa shape index (κ3) is 7.04. The fourth-order valence-electron chi connectivity index (χ4n) is 2.83. The molecule has 5 rings (SSSR count). The Hall–Kier alpha value is -3.92. The van der Waals surface area contributed by atoms with Crippen molar-refractivity contribution >= 4 is 0 Å². The van der Waals surface area contributed by atoms with Gasteiger partial charge in [0.05, 0.1) is 11.4 Å². The number of hydrogen-bond acceptors (Lipinski definition) is 5. The zero-order chi connectivity index (χ0) is 22.8. The summed E-state index contributed by atoms with van der Waals surface area (Å²) < 4.78 is 3.52. The van der Waals surface area contributed by atoms with E-state index < -0.39 is 0 Å². The van der Waals surface area contributed by atoms with Crippen LogP contribution in [0.4, 0.5) is 0 Å². The molecular weight excluding hydrogens is 591 g/mol. The fourth-order valence-corrected chi connectivity index (χ4v) is 2.83. The number of hydrogen-bond donors (Lipinski definition) is 0. The number of nitrogens with zero attached hydrogens (tertiary/aromatic N) is 7. The van der Waals surface area contributed by atoms with Crippen molar-refractivity contribution in [2.45, 2.75) is 13.8 Å². The van der Waals surface area contributed by atoms with Crippen molar-refractivity contribution in [1.29, 1.82) is 5.26 Å². The van der Waals surface area contributed by atoms with Crippen LogP contribution in [0, 0.1) is 31.7 Å². The van der Waals surface area contributed by atoms with Gasteiger partial charge < -0.3 is 16.8 Å². The summed E-state index contributed by atoms with van der Waals surface area (Å²) in [6, 6.07) is 26.5. The molecule has 4 aromatic heterocycles. The SMILES string of the molecule is Cc1ccn(-c2cccc(-n3ccc(C)n3)n2)n1.[C-]#N.[Ir].[c-]1ccccc1-c1ccccn1. The number of benzene rings is 1. The van der Waals surface area contributed by atoms with E-state index in [1.165, 1.54) is 0 Å². The maximum absolute atomic E-state index is 6.25. The molecule has 33 heavy (non-hydrogen) atoms. The largest absolute Gasteiger partial charge is 0.512 e. The third-order valence-electron chi connectivity index (χ3n) is 4.28. The molecule has 0 atom stereocenters. The molecule has 8 heteroatoms. The predicted molar refractivity (Wildman–Crippen MR) is 121 cm³/mol. The molecule has 7 nitrogen and oxygen atoms in total. The molecule has 0 N–H and O–H groups in total. The number of aromatic nitrogens is 6. The number of pyridine rings is 2. The molecule has 0 aliphatic heterocycles. The molecule has 0 aliphatic carbocycles. The van der Waals surface area contributed by atoms with E-state index >= 15 is 0 Å². The zero-order valence-corrected chi connectivity index (χ0v) is 20.5. The Morgan fingerprint density at radius 3 is 1.82 bits per heavy atom. The Morgan fingerprint density at radius 2 is 1.36 bits per heavy atom. The molecular formula is C25H21IrN7-2. The molecule has 0 bridgehead atoms. The summed E-state index contributed by atoms with van der Waals surface area (Å²) in [5.41, 5.74) is 3.95. The molecule has 0 aliphatic rings. The van der Waals surface area contributed by atoms with E-state index in [1.54, 1.807) is 15.6 Å².